The number of hydrogen-bond donors (Lipinski definition) is 0. The zero-order valence-electron chi connectivity index (χ0n) is 23.6. The Morgan fingerprint density at radius 2 is 1.84 bits per heavy atom. The molecule has 0 aromatic heterocycles. The predicted molar refractivity (Wildman–Crippen MR) is 139 cm³/mol. The molecule has 1 heterocycles. The number of fused-ring (bicyclic) bond motifs is 7. The van der Waals surface area contributed by atoms with Crippen LogP contribution in [0, 0.1) is 46.3 Å². The van der Waals surface area contributed by atoms with Gasteiger partial charge in [-0.25, -0.2) is 0 Å². The number of allylic oxidation sites excluding steroid dienone is 1. The van der Waals surface area contributed by atoms with Crippen molar-refractivity contribution in [3.05, 3.63) is 11.3 Å². The van der Waals surface area contributed by atoms with Crippen LogP contribution in [-0.2, 0) is 28.6 Å². The fourth-order valence-electron chi connectivity index (χ4n) is 9.55. The van der Waals surface area contributed by atoms with Crippen molar-refractivity contribution in [2.24, 2.45) is 46.3 Å². The predicted octanol–water partition coefficient (Wildman–Crippen LogP) is 6.02. The van der Waals surface area contributed by atoms with Gasteiger partial charge in [-0.2, -0.15) is 0 Å². The van der Waals surface area contributed by atoms with Gasteiger partial charge in [0.1, 0.15) is 18.0 Å². The van der Waals surface area contributed by atoms with Gasteiger partial charge in [-0.1, -0.05) is 20.8 Å². The Hall–Kier alpha value is -1.85. The van der Waals surface area contributed by atoms with Crippen molar-refractivity contribution in [1.29, 1.82) is 0 Å². The fourth-order valence-corrected chi connectivity index (χ4v) is 9.55. The molecule has 0 N–H and O–H groups in total. The van der Waals surface area contributed by atoms with Crippen molar-refractivity contribution in [2.75, 3.05) is 6.61 Å². The molecule has 4 saturated carbocycles. The summed E-state index contributed by atoms with van der Waals surface area (Å²) in [7, 11) is 0. The molecule has 0 aromatic rings. The first-order valence-electron chi connectivity index (χ1n) is 14.6. The van der Waals surface area contributed by atoms with Crippen LogP contribution in [-0.4, -0.2) is 36.5 Å². The minimum atomic E-state index is -0.334. The van der Waals surface area contributed by atoms with Gasteiger partial charge in [0.2, 0.25) is 0 Å². The first kappa shape index (κ1) is 26.7. The Bertz CT molecular complexity index is 984. The summed E-state index contributed by atoms with van der Waals surface area (Å²) in [6.07, 6.45) is 8.83. The molecule has 0 aromatic carbocycles. The van der Waals surface area contributed by atoms with E-state index in [0.29, 0.717) is 42.5 Å². The monoisotopic (exact) mass is 514 g/mol. The van der Waals surface area contributed by atoms with Gasteiger partial charge >= 0.3 is 11.9 Å². The Labute approximate surface area is 222 Å². The van der Waals surface area contributed by atoms with Gasteiger partial charge in [0, 0.05) is 38.0 Å². The maximum Gasteiger partial charge on any atom is 0.302 e. The lowest BCUT2D eigenvalue weighted by Crippen LogP contribution is -2.57. The number of carbonyl (C=O) groups is 3. The highest BCUT2D eigenvalue weighted by molar-refractivity contribution is 5.87. The number of hydrogen-bond acceptors (Lipinski definition) is 6. The standard InChI is InChI=1S/C31H46O6/c1-17(16-35-19(3)32)7-10-26-18(2)29-27(37-26)14-25-23-9-8-21-13-22(36-20(4)33)11-12-30(21,5)24(23)15-28(34)31(25,29)6/h17,21-25,27,29H,7-16H2,1-6H3/t17-,21+,22-,23-,24-,25+,27-,29-,30+,31-/m1/s1. The largest absolute Gasteiger partial charge is 0.494 e. The summed E-state index contributed by atoms with van der Waals surface area (Å²) in [5, 5.41) is 0. The van der Waals surface area contributed by atoms with Crippen LogP contribution in [0.4, 0.5) is 0 Å². The van der Waals surface area contributed by atoms with E-state index in [1.54, 1.807) is 0 Å². The van der Waals surface area contributed by atoms with E-state index in [-0.39, 0.29) is 46.8 Å². The number of esters is 2. The van der Waals surface area contributed by atoms with Crippen LogP contribution in [0.5, 0.6) is 0 Å². The molecule has 206 valence electrons. The van der Waals surface area contributed by atoms with Crippen LogP contribution < -0.4 is 0 Å². The Kier molecular flexibility index (Phi) is 7.02. The van der Waals surface area contributed by atoms with E-state index in [1.807, 2.05) is 0 Å². The summed E-state index contributed by atoms with van der Waals surface area (Å²) < 4.78 is 17.4. The fraction of sp³-hybridized carbons (Fsp3) is 0.839. The van der Waals surface area contributed by atoms with Crippen molar-refractivity contribution in [2.45, 2.75) is 112 Å². The lowest BCUT2D eigenvalue weighted by Gasteiger charge is -2.60. The molecule has 0 amide bonds. The number of ketones is 1. The highest BCUT2D eigenvalue weighted by atomic mass is 16.5. The number of rotatable bonds is 6. The molecule has 5 aliphatic rings. The molecule has 6 heteroatoms. The van der Waals surface area contributed by atoms with E-state index in [4.69, 9.17) is 14.2 Å². The van der Waals surface area contributed by atoms with Crippen LogP contribution in [0.1, 0.15) is 99.3 Å². The molecule has 0 radical (unpaired) electrons. The van der Waals surface area contributed by atoms with Gasteiger partial charge in [0.15, 0.2) is 0 Å². The molecule has 0 bridgehead atoms. The summed E-state index contributed by atoms with van der Waals surface area (Å²) in [6.45, 7) is 12.4. The van der Waals surface area contributed by atoms with Gasteiger partial charge in [-0.15, -0.1) is 0 Å². The molecular formula is C31H46O6. The van der Waals surface area contributed by atoms with Gasteiger partial charge in [-0.05, 0) is 92.4 Å². The Balaban J connectivity index is 1.30. The van der Waals surface area contributed by atoms with Crippen LogP contribution >= 0.6 is 0 Å². The minimum absolute atomic E-state index is 0.0406. The summed E-state index contributed by atoms with van der Waals surface area (Å²) in [6, 6.07) is 0. The second-order valence-electron chi connectivity index (χ2n) is 13.5. The second kappa shape index (κ2) is 9.72. The molecular weight excluding hydrogens is 468 g/mol. The molecule has 5 rings (SSSR count). The van der Waals surface area contributed by atoms with E-state index in [2.05, 4.69) is 27.7 Å². The average Bonchev–Trinajstić information content (AvgIpc) is 3.31. The van der Waals surface area contributed by atoms with Gasteiger partial charge in [0.25, 0.3) is 0 Å². The zero-order valence-corrected chi connectivity index (χ0v) is 23.6. The molecule has 0 unspecified atom stereocenters. The average molecular weight is 515 g/mol. The number of carbonyl (C=O) groups excluding carboxylic acids is 3. The molecule has 4 aliphatic carbocycles. The van der Waals surface area contributed by atoms with E-state index >= 15 is 0 Å². The molecule has 6 nitrogen and oxygen atoms in total. The maximum atomic E-state index is 14.1. The quantitative estimate of drug-likeness (QED) is 0.404. The third kappa shape index (κ3) is 4.44. The van der Waals surface area contributed by atoms with E-state index in [9.17, 15) is 14.4 Å². The molecule has 10 atom stereocenters. The smallest absolute Gasteiger partial charge is 0.302 e. The van der Waals surface area contributed by atoms with Crippen LogP contribution in [0.2, 0.25) is 0 Å². The summed E-state index contributed by atoms with van der Waals surface area (Å²) in [5.74, 6) is 3.49. The third-order valence-electron chi connectivity index (χ3n) is 11.5. The zero-order chi connectivity index (χ0) is 26.7. The van der Waals surface area contributed by atoms with Crippen molar-refractivity contribution >= 4 is 17.7 Å². The van der Waals surface area contributed by atoms with Crippen LogP contribution in [0.15, 0.2) is 11.3 Å². The maximum absolute atomic E-state index is 14.1. The van der Waals surface area contributed by atoms with Gasteiger partial charge in [-0.3, -0.25) is 14.4 Å². The summed E-state index contributed by atoms with van der Waals surface area (Å²) in [5.41, 5.74) is 1.10. The third-order valence-corrected chi connectivity index (χ3v) is 11.5. The topological polar surface area (TPSA) is 78.9 Å². The summed E-state index contributed by atoms with van der Waals surface area (Å²) in [4.78, 5) is 36.8. The van der Waals surface area contributed by atoms with E-state index in [0.717, 1.165) is 44.3 Å². The molecule has 0 saturated heterocycles. The van der Waals surface area contributed by atoms with Crippen molar-refractivity contribution in [3.63, 3.8) is 0 Å². The highest BCUT2D eigenvalue weighted by Crippen LogP contribution is 2.68. The molecule has 37 heavy (non-hydrogen) atoms. The molecule has 1 aliphatic heterocycles. The second-order valence-corrected chi connectivity index (χ2v) is 13.5. The van der Waals surface area contributed by atoms with Crippen LogP contribution in [0.3, 0.4) is 0 Å². The van der Waals surface area contributed by atoms with Gasteiger partial charge < -0.3 is 14.2 Å². The van der Waals surface area contributed by atoms with Crippen molar-refractivity contribution in [1.82, 2.24) is 0 Å². The summed E-state index contributed by atoms with van der Waals surface area (Å²) >= 11 is 0. The molecule has 4 fully saturated rings. The normalized spacial score (nSPS) is 43.2. The lowest BCUT2D eigenvalue weighted by atomic mass is 9.44. The first-order chi connectivity index (χ1) is 17.4. The lowest BCUT2D eigenvalue weighted by molar-refractivity contribution is -0.165. The molecule has 0 spiro atoms. The van der Waals surface area contributed by atoms with Crippen LogP contribution in [0.25, 0.3) is 0 Å². The highest BCUT2D eigenvalue weighted by Gasteiger charge is 2.67. The van der Waals surface area contributed by atoms with E-state index < -0.39 is 0 Å². The SMILES string of the molecule is CC(=O)OC[C@H](C)CCC1=C(C)[C@@H]2[C@@H](C[C@H]3[C@@H]4CC[C@H]5C[C@H](OC(C)=O)CC[C@]5(C)[C@@H]4CC(=O)[C@]23C)O1. The van der Waals surface area contributed by atoms with Crippen molar-refractivity contribution in [3.8, 4) is 0 Å². The Morgan fingerprint density at radius 3 is 2.54 bits per heavy atom. The number of Topliss-reactive ketones (excluding diaryl/α,β-unsaturated/α-hetero) is 1. The van der Waals surface area contributed by atoms with Gasteiger partial charge in [0.05, 0.1) is 12.4 Å². The Morgan fingerprint density at radius 1 is 1.08 bits per heavy atom. The first-order valence-corrected chi connectivity index (χ1v) is 14.6. The number of ether oxygens (including phenoxy) is 3. The van der Waals surface area contributed by atoms with Crippen molar-refractivity contribution < 1.29 is 28.6 Å². The van der Waals surface area contributed by atoms with E-state index in [1.165, 1.54) is 32.3 Å². The minimum Gasteiger partial charge on any atom is -0.494 e.